The van der Waals surface area contributed by atoms with Gasteiger partial charge in [0.05, 0.1) is 5.88 Å². The standard InChI is InChI=1S/C9H13ClN2/c1-9(2,3)7-5-11-8(4-10)12-6-7/h5-6H,4H2,1-3H3. The quantitative estimate of drug-likeness (QED) is 0.627. The van der Waals surface area contributed by atoms with Crippen LogP contribution in [0.1, 0.15) is 32.2 Å². The lowest BCUT2D eigenvalue weighted by atomic mass is 9.89. The summed E-state index contributed by atoms with van der Waals surface area (Å²) < 4.78 is 0. The average molecular weight is 185 g/mol. The van der Waals surface area contributed by atoms with Gasteiger partial charge in [0.25, 0.3) is 0 Å². The van der Waals surface area contributed by atoms with Crippen molar-refractivity contribution in [3.63, 3.8) is 0 Å². The van der Waals surface area contributed by atoms with Gasteiger partial charge in [-0.05, 0) is 11.0 Å². The molecule has 3 heteroatoms. The largest absolute Gasteiger partial charge is 0.240 e. The van der Waals surface area contributed by atoms with Crippen LogP contribution in [0.5, 0.6) is 0 Å². The summed E-state index contributed by atoms with van der Waals surface area (Å²) in [6.45, 7) is 6.39. The van der Waals surface area contributed by atoms with Crippen molar-refractivity contribution in [1.29, 1.82) is 0 Å². The molecule has 0 aliphatic carbocycles. The Bertz CT molecular complexity index is 248. The van der Waals surface area contributed by atoms with Crippen LogP contribution in [0.4, 0.5) is 0 Å². The molecule has 0 saturated heterocycles. The van der Waals surface area contributed by atoms with Gasteiger partial charge in [0.15, 0.2) is 0 Å². The van der Waals surface area contributed by atoms with Crippen LogP contribution in [0.2, 0.25) is 0 Å². The highest BCUT2D eigenvalue weighted by molar-refractivity contribution is 6.16. The number of aromatic nitrogens is 2. The molecule has 0 aliphatic rings. The summed E-state index contributed by atoms with van der Waals surface area (Å²) >= 11 is 5.57. The van der Waals surface area contributed by atoms with E-state index in [4.69, 9.17) is 11.6 Å². The third-order valence-electron chi connectivity index (χ3n) is 1.69. The Hall–Kier alpha value is -0.630. The summed E-state index contributed by atoms with van der Waals surface area (Å²) in [5, 5.41) is 0. The zero-order valence-electron chi connectivity index (χ0n) is 7.63. The smallest absolute Gasteiger partial charge is 0.142 e. The number of halogens is 1. The topological polar surface area (TPSA) is 25.8 Å². The first kappa shape index (κ1) is 9.46. The van der Waals surface area contributed by atoms with Crippen LogP contribution < -0.4 is 0 Å². The van der Waals surface area contributed by atoms with Crippen molar-refractivity contribution in [2.45, 2.75) is 32.1 Å². The molecule has 0 unspecified atom stereocenters. The molecule has 0 radical (unpaired) electrons. The summed E-state index contributed by atoms with van der Waals surface area (Å²) in [6.07, 6.45) is 3.68. The van der Waals surface area contributed by atoms with Gasteiger partial charge in [-0.15, -0.1) is 11.6 Å². The van der Waals surface area contributed by atoms with E-state index in [-0.39, 0.29) is 5.41 Å². The van der Waals surface area contributed by atoms with Gasteiger partial charge in [0.2, 0.25) is 0 Å². The molecule has 2 nitrogen and oxygen atoms in total. The van der Waals surface area contributed by atoms with Gasteiger partial charge in [-0.2, -0.15) is 0 Å². The Morgan fingerprint density at radius 2 is 1.75 bits per heavy atom. The van der Waals surface area contributed by atoms with E-state index in [1.54, 1.807) is 0 Å². The molecule has 0 saturated carbocycles. The van der Waals surface area contributed by atoms with Crippen molar-refractivity contribution in [2.24, 2.45) is 0 Å². The first-order valence-corrected chi connectivity index (χ1v) is 4.45. The zero-order valence-corrected chi connectivity index (χ0v) is 8.39. The molecular weight excluding hydrogens is 172 g/mol. The first-order valence-electron chi connectivity index (χ1n) is 3.91. The lowest BCUT2D eigenvalue weighted by Crippen LogP contribution is -2.12. The zero-order chi connectivity index (χ0) is 9.19. The highest BCUT2D eigenvalue weighted by Gasteiger charge is 2.13. The molecule has 1 rings (SSSR count). The first-order chi connectivity index (χ1) is 5.54. The maximum Gasteiger partial charge on any atom is 0.142 e. The average Bonchev–Trinajstić information content (AvgIpc) is 2.03. The molecule has 0 fully saturated rings. The molecule has 0 atom stereocenters. The van der Waals surface area contributed by atoms with Gasteiger partial charge in [-0.1, -0.05) is 20.8 Å². The molecule has 0 bridgehead atoms. The second-order valence-electron chi connectivity index (χ2n) is 3.77. The highest BCUT2D eigenvalue weighted by Crippen LogP contribution is 2.19. The van der Waals surface area contributed by atoms with Crippen LogP contribution in [0.3, 0.4) is 0 Å². The van der Waals surface area contributed by atoms with Crippen molar-refractivity contribution >= 4 is 11.6 Å². The summed E-state index contributed by atoms with van der Waals surface area (Å²) in [5.41, 5.74) is 1.25. The second-order valence-corrected chi connectivity index (χ2v) is 4.04. The van der Waals surface area contributed by atoms with Crippen molar-refractivity contribution in [2.75, 3.05) is 0 Å². The summed E-state index contributed by atoms with van der Waals surface area (Å²) in [7, 11) is 0. The van der Waals surface area contributed by atoms with Gasteiger partial charge < -0.3 is 0 Å². The van der Waals surface area contributed by atoms with E-state index in [0.29, 0.717) is 11.7 Å². The number of hydrogen-bond acceptors (Lipinski definition) is 2. The monoisotopic (exact) mass is 184 g/mol. The minimum Gasteiger partial charge on any atom is -0.240 e. The van der Waals surface area contributed by atoms with E-state index in [9.17, 15) is 0 Å². The summed E-state index contributed by atoms with van der Waals surface area (Å²) in [5.74, 6) is 1.06. The molecule has 66 valence electrons. The minimum atomic E-state index is 0.116. The molecule has 1 heterocycles. The Morgan fingerprint density at radius 3 is 2.08 bits per heavy atom. The maximum atomic E-state index is 5.57. The van der Waals surface area contributed by atoms with E-state index in [1.165, 1.54) is 0 Å². The fourth-order valence-corrected chi connectivity index (χ4v) is 0.949. The van der Waals surface area contributed by atoms with E-state index < -0.39 is 0 Å². The molecule has 0 aromatic carbocycles. The Kier molecular flexibility index (Phi) is 2.68. The van der Waals surface area contributed by atoms with Crippen LogP contribution in [-0.4, -0.2) is 9.97 Å². The Morgan fingerprint density at radius 1 is 1.25 bits per heavy atom. The number of nitrogens with zero attached hydrogens (tertiary/aromatic N) is 2. The fraction of sp³-hybridized carbons (Fsp3) is 0.556. The van der Waals surface area contributed by atoms with Crippen LogP contribution in [0, 0.1) is 0 Å². The molecule has 0 aliphatic heterocycles. The second kappa shape index (κ2) is 3.40. The molecular formula is C9H13ClN2. The van der Waals surface area contributed by atoms with Gasteiger partial charge in [-0.3, -0.25) is 0 Å². The van der Waals surface area contributed by atoms with Crippen molar-refractivity contribution in [3.05, 3.63) is 23.8 Å². The van der Waals surface area contributed by atoms with E-state index in [1.807, 2.05) is 12.4 Å². The van der Waals surface area contributed by atoms with Crippen molar-refractivity contribution in [1.82, 2.24) is 9.97 Å². The van der Waals surface area contributed by atoms with E-state index in [0.717, 1.165) is 5.56 Å². The normalized spacial score (nSPS) is 11.7. The fourth-order valence-electron chi connectivity index (χ4n) is 0.811. The van der Waals surface area contributed by atoms with Gasteiger partial charge >= 0.3 is 0 Å². The van der Waals surface area contributed by atoms with Gasteiger partial charge in [0, 0.05) is 12.4 Å². The third-order valence-corrected chi connectivity index (χ3v) is 1.93. The van der Waals surface area contributed by atoms with Crippen molar-refractivity contribution < 1.29 is 0 Å². The predicted octanol–water partition coefficient (Wildman–Crippen LogP) is 2.51. The van der Waals surface area contributed by atoms with E-state index >= 15 is 0 Å². The van der Waals surface area contributed by atoms with Crippen LogP contribution in [0.25, 0.3) is 0 Å². The van der Waals surface area contributed by atoms with Crippen LogP contribution >= 0.6 is 11.6 Å². The molecule has 1 aromatic rings. The van der Waals surface area contributed by atoms with Crippen molar-refractivity contribution in [3.8, 4) is 0 Å². The maximum absolute atomic E-state index is 5.57. The lowest BCUT2D eigenvalue weighted by molar-refractivity contribution is 0.582. The predicted molar refractivity (Wildman–Crippen MR) is 50.3 cm³/mol. The summed E-state index contributed by atoms with van der Waals surface area (Å²) in [4.78, 5) is 8.24. The Labute approximate surface area is 78.0 Å². The molecule has 0 amide bonds. The van der Waals surface area contributed by atoms with Crippen LogP contribution in [-0.2, 0) is 11.3 Å². The number of rotatable bonds is 1. The Balaban J connectivity index is 2.93. The third kappa shape index (κ3) is 2.18. The summed E-state index contributed by atoms with van der Waals surface area (Å²) in [6, 6.07) is 0. The highest BCUT2D eigenvalue weighted by atomic mass is 35.5. The SMILES string of the molecule is CC(C)(C)c1cnc(CCl)nc1. The molecule has 0 N–H and O–H groups in total. The van der Waals surface area contributed by atoms with Gasteiger partial charge in [-0.25, -0.2) is 9.97 Å². The minimum absolute atomic E-state index is 0.116. The van der Waals surface area contributed by atoms with Gasteiger partial charge in [0.1, 0.15) is 5.82 Å². The van der Waals surface area contributed by atoms with Crippen LogP contribution in [0.15, 0.2) is 12.4 Å². The molecule has 0 spiro atoms. The molecule has 12 heavy (non-hydrogen) atoms. The number of hydrogen-bond donors (Lipinski definition) is 0. The lowest BCUT2D eigenvalue weighted by Gasteiger charge is -2.17. The molecule has 1 aromatic heterocycles. The number of alkyl halides is 1. The van der Waals surface area contributed by atoms with E-state index in [2.05, 4.69) is 30.7 Å².